The van der Waals surface area contributed by atoms with E-state index < -0.39 is 42.3 Å². The number of hydrogen-bond acceptors (Lipinski definition) is 8. The van der Waals surface area contributed by atoms with Crippen LogP contribution in [-0.2, 0) is 19.0 Å². The number of benzene rings is 2. The van der Waals surface area contributed by atoms with Crippen molar-refractivity contribution < 1.29 is 38.8 Å². The number of esters is 3. The molecule has 0 saturated heterocycles. The van der Waals surface area contributed by atoms with Crippen molar-refractivity contribution in [3.8, 4) is 0 Å². The second kappa shape index (κ2) is 10.0. The van der Waals surface area contributed by atoms with Gasteiger partial charge in [-0.05, 0) is 35.9 Å². The Morgan fingerprint density at radius 2 is 1.39 bits per heavy atom. The largest absolute Gasteiger partial charge is 0.457 e. The summed E-state index contributed by atoms with van der Waals surface area (Å²) in [5, 5.41) is 21.2. The van der Waals surface area contributed by atoms with Gasteiger partial charge in [-0.3, -0.25) is 4.79 Å². The van der Waals surface area contributed by atoms with Crippen LogP contribution in [0.2, 0.25) is 0 Å². The number of hydrogen-bond donors (Lipinski definition) is 2. The van der Waals surface area contributed by atoms with E-state index in [1.165, 1.54) is 18.2 Å². The van der Waals surface area contributed by atoms with Gasteiger partial charge in [-0.1, -0.05) is 36.4 Å². The summed E-state index contributed by atoms with van der Waals surface area (Å²) < 4.78 is 15.6. The minimum atomic E-state index is -1.51. The predicted octanol–water partition coefficient (Wildman–Crippen LogP) is 1.66. The number of aliphatic hydroxyl groups excluding tert-OH is 2. The molecule has 0 fully saturated rings. The molecule has 0 heterocycles. The number of rotatable bonds is 6. The summed E-state index contributed by atoms with van der Waals surface area (Å²) in [4.78, 5) is 36.1. The molecule has 0 bridgehead atoms. The molecule has 2 aromatic carbocycles. The van der Waals surface area contributed by atoms with Gasteiger partial charge in [0.05, 0.1) is 11.1 Å². The predicted molar refractivity (Wildman–Crippen MR) is 108 cm³/mol. The van der Waals surface area contributed by atoms with E-state index in [-0.39, 0.29) is 17.7 Å². The molecule has 0 saturated carbocycles. The number of ether oxygens (including phenoxy) is 3. The van der Waals surface area contributed by atoms with Crippen LogP contribution in [0.1, 0.15) is 27.6 Å². The van der Waals surface area contributed by atoms with E-state index in [1.807, 2.05) is 0 Å². The highest BCUT2D eigenvalue weighted by atomic mass is 16.6. The second-order valence-corrected chi connectivity index (χ2v) is 6.93. The molecule has 4 atom stereocenters. The van der Waals surface area contributed by atoms with Crippen LogP contribution >= 0.6 is 0 Å². The minimum absolute atomic E-state index is 0.131. The zero-order valence-electron chi connectivity index (χ0n) is 16.7. The van der Waals surface area contributed by atoms with Crippen molar-refractivity contribution in [2.75, 3.05) is 6.61 Å². The molecular formula is C23H22O8. The maximum absolute atomic E-state index is 12.4. The maximum atomic E-state index is 12.4. The molecule has 2 N–H and O–H groups in total. The Hall–Kier alpha value is -3.49. The van der Waals surface area contributed by atoms with E-state index in [9.17, 15) is 24.6 Å². The number of aliphatic hydroxyl groups is 2. The molecule has 0 spiro atoms. The van der Waals surface area contributed by atoms with Gasteiger partial charge in [0, 0.05) is 6.92 Å². The average molecular weight is 426 g/mol. The lowest BCUT2D eigenvalue weighted by atomic mass is 9.89. The molecule has 1 aliphatic carbocycles. The molecule has 31 heavy (non-hydrogen) atoms. The highest BCUT2D eigenvalue weighted by Gasteiger charge is 2.43. The summed E-state index contributed by atoms with van der Waals surface area (Å²) in [6, 6.07) is 16.3. The molecule has 0 aliphatic heterocycles. The molecule has 2 aromatic rings. The fourth-order valence-electron chi connectivity index (χ4n) is 3.13. The highest BCUT2D eigenvalue weighted by molar-refractivity contribution is 5.90. The number of carbonyl (C=O) groups excluding carboxylic acids is 3. The standard InChI is InChI=1S/C23H22O8/c1-14(24)30-18-12-17(13-29-22(27)15-8-4-2-5-9-15)19(25)21(20(18)26)31-23(28)16-10-6-3-7-11-16/h2-12,18-21,25-26H,13H2,1H3/t18-,19+,20+,21-/m1/s1. The summed E-state index contributed by atoms with van der Waals surface area (Å²) in [5.41, 5.74) is 0.668. The Morgan fingerprint density at radius 3 is 1.94 bits per heavy atom. The third kappa shape index (κ3) is 5.56. The summed E-state index contributed by atoms with van der Waals surface area (Å²) in [6.45, 7) is 0.810. The molecule has 0 amide bonds. The summed E-state index contributed by atoms with van der Waals surface area (Å²) in [5.74, 6) is -2.07. The Balaban J connectivity index is 1.77. The lowest BCUT2D eigenvalue weighted by molar-refractivity contribution is -0.158. The van der Waals surface area contributed by atoms with E-state index >= 15 is 0 Å². The van der Waals surface area contributed by atoms with Crippen LogP contribution in [0, 0.1) is 0 Å². The lowest BCUT2D eigenvalue weighted by Crippen LogP contribution is -2.52. The van der Waals surface area contributed by atoms with Crippen molar-refractivity contribution in [2.24, 2.45) is 0 Å². The van der Waals surface area contributed by atoms with Crippen LogP contribution in [-0.4, -0.2) is 59.1 Å². The lowest BCUT2D eigenvalue weighted by Gasteiger charge is -2.36. The summed E-state index contributed by atoms with van der Waals surface area (Å²) in [6.07, 6.45) is -4.33. The monoisotopic (exact) mass is 426 g/mol. The first-order valence-corrected chi connectivity index (χ1v) is 9.59. The van der Waals surface area contributed by atoms with Crippen molar-refractivity contribution in [3.05, 3.63) is 83.4 Å². The maximum Gasteiger partial charge on any atom is 0.338 e. The molecule has 162 valence electrons. The van der Waals surface area contributed by atoms with E-state index in [1.54, 1.807) is 48.5 Å². The van der Waals surface area contributed by atoms with Gasteiger partial charge in [0.2, 0.25) is 0 Å². The first kappa shape index (κ1) is 22.2. The van der Waals surface area contributed by atoms with Crippen molar-refractivity contribution in [1.29, 1.82) is 0 Å². The molecular weight excluding hydrogens is 404 g/mol. The van der Waals surface area contributed by atoms with Gasteiger partial charge >= 0.3 is 17.9 Å². The van der Waals surface area contributed by atoms with E-state index in [4.69, 9.17) is 14.2 Å². The van der Waals surface area contributed by atoms with Crippen molar-refractivity contribution in [1.82, 2.24) is 0 Å². The highest BCUT2D eigenvalue weighted by Crippen LogP contribution is 2.26. The summed E-state index contributed by atoms with van der Waals surface area (Å²) >= 11 is 0. The third-order valence-corrected chi connectivity index (χ3v) is 4.68. The van der Waals surface area contributed by atoms with Crippen molar-refractivity contribution in [3.63, 3.8) is 0 Å². The zero-order chi connectivity index (χ0) is 22.4. The molecule has 1 aliphatic rings. The fraction of sp³-hybridized carbons (Fsp3) is 0.261. The van der Waals surface area contributed by atoms with Crippen LogP contribution in [0.5, 0.6) is 0 Å². The molecule has 8 heteroatoms. The third-order valence-electron chi connectivity index (χ3n) is 4.68. The zero-order valence-corrected chi connectivity index (χ0v) is 16.7. The van der Waals surface area contributed by atoms with Crippen LogP contribution < -0.4 is 0 Å². The first-order valence-electron chi connectivity index (χ1n) is 9.59. The minimum Gasteiger partial charge on any atom is -0.457 e. The molecule has 0 radical (unpaired) electrons. The van der Waals surface area contributed by atoms with Crippen LogP contribution in [0.4, 0.5) is 0 Å². The van der Waals surface area contributed by atoms with E-state index in [0.29, 0.717) is 5.56 Å². The van der Waals surface area contributed by atoms with Crippen molar-refractivity contribution >= 4 is 17.9 Å². The SMILES string of the molecule is CC(=O)O[C@@H]1C=C(COC(=O)c2ccccc2)[C@H](O)[C@@H](OC(=O)c2ccccc2)[C@H]1O. The topological polar surface area (TPSA) is 119 Å². The Bertz CT molecular complexity index is 954. The molecule has 8 nitrogen and oxygen atoms in total. The van der Waals surface area contributed by atoms with Gasteiger partial charge in [0.25, 0.3) is 0 Å². The fourth-order valence-corrected chi connectivity index (χ4v) is 3.13. The van der Waals surface area contributed by atoms with E-state index in [0.717, 1.165) is 6.92 Å². The Labute approximate surface area is 178 Å². The van der Waals surface area contributed by atoms with Crippen molar-refractivity contribution in [2.45, 2.75) is 31.3 Å². The van der Waals surface area contributed by atoms with Gasteiger partial charge in [-0.25, -0.2) is 9.59 Å². The van der Waals surface area contributed by atoms with Gasteiger partial charge in [-0.15, -0.1) is 0 Å². The molecule has 0 aromatic heterocycles. The quantitative estimate of drug-likeness (QED) is 0.407. The second-order valence-electron chi connectivity index (χ2n) is 6.93. The van der Waals surface area contributed by atoms with E-state index in [2.05, 4.69) is 0 Å². The Morgan fingerprint density at radius 1 is 0.839 bits per heavy atom. The average Bonchev–Trinajstić information content (AvgIpc) is 2.78. The Kier molecular flexibility index (Phi) is 7.17. The van der Waals surface area contributed by atoms with Crippen LogP contribution in [0.3, 0.4) is 0 Å². The first-order chi connectivity index (χ1) is 14.9. The smallest absolute Gasteiger partial charge is 0.338 e. The molecule has 0 unspecified atom stereocenters. The van der Waals surface area contributed by atoms with Gasteiger partial charge in [0.15, 0.2) is 6.10 Å². The van der Waals surface area contributed by atoms with Gasteiger partial charge in [-0.2, -0.15) is 0 Å². The van der Waals surface area contributed by atoms with Crippen LogP contribution in [0.25, 0.3) is 0 Å². The number of carbonyl (C=O) groups is 3. The van der Waals surface area contributed by atoms with Gasteiger partial charge < -0.3 is 24.4 Å². The normalized spacial score (nSPS) is 22.7. The molecule has 3 rings (SSSR count). The van der Waals surface area contributed by atoms with Gasteiger partial charge in [0.1, 0.15) is 24.9 Å². The van der Waals surface area contributed by atoms with Crippen LogP contribution in [0.15, 0.2) is 72.3 Å². The summed E-state index contributed by atoms with van der Waals surface area (Å²) in [7, 11) is 0.